The van der Waals surface area contributed by atoms with Gasteiger partial charge >= 0.3 is 0 Å². The van der Waals surface area contributed by atoms with Crippen LogP contribution in [0, 0.1) is 0 Å². The Balaban J connectivity index is 1.53. The number of nitrogens with zero attached hydrogens (tertiary/aromatic N) is 4. The first-order chi connectivity index (χ1) is 12.3. The largest absolute Gasteiger partial charge is 0.360 e. The zero-order valence-electron chi connectivity index (χ0n) is 14.1. The van der Waals surface area contributed by atoms with Gasteiger partial charge in [-0.15, -0.1) is 10.2 Å². The number of nitrogens with one attached hydrogen (secondary N) is 1. The van der Waals surface area contributed by atoms with Gasteiger partial charge in [0.1, 0.15) is 5.82 Å². The van der Waals surface area contributed by atoms with Crippen molar-refractivity contribution in [2.45, 2.75) is 31.7 Å². The lowest BCUT2D eigenvalue weighted by atomic mass is 10.00. The van der Waals surface area contributed by atoms with E-state index in [4.69, 9.17) is 0 Å². The van der Waals surface area contributed by atoms with Gasteiger partial charge in [0, 0.05) is 18.3 Å². The van der Waals surface area contributed by atoms with Gasteiger partial charge in [0.15, 0.2) is 5.82 Å². The second kappa shape index (κ2) is 5.55. The summed E-state index contributed by atoms with van der Waals surface area (Å²) >= 11 is 0. The Kier molecular flexibility index (Phi) is 3.20. The average Bonchev–Trinajstić information content (AvgIpc) is 3.40. The van der Waals surface area contributed by atoms with Crippen molar-refractivity contribution in [3.05, 3.63) is 66.2 Å². The van der Waals surface area contributed by atoms with Gasteiger partial charge in [-0.1, -0.05) is 42.5 Å². The summed E-state index contributed by atoms with van der Waals surface area (Å²) in [6.45, 7) is 2.16. The van der Waals surface area contributed by atoms with Crippen LogP contribution in [-0.4, -0.2) is 19.6 Å². The molecule has 2 heterocycles. The zero-order valence-corrected chi connectivity index (χ0v) is 14.1. The van der Waals surface area contributed by atoms with Crippen LogP contribution in [0.3, 0.4) is 0 Å². The van der Waals surface area contributed by atoms with E-state index in [2.05, 4.69) is 74.3 Å². The van der Waals surface area contributed by atoms with E-state index in [1.807, 2.05) is 12.4 Å². The molecule has 0 amide bonds. The number of benzene rings is 2. The van der Waals surface area contributed by atoms with Gasteiger partial charge < -0.3 is 5.32 Å². The highest BCUT2D eigenvalue weighted by Gasteiger charge is 2.29. The van der Waals surface area contributed by atoms with Crippen molar-refractivity contribution in [2.75, 3.05) is 5.32 Å². The molecule has 124 valence electrons. The molecule has 5 nitrogen and oxygen atoms in total. The van der Waals surface area contributed by atoms with E-state index in [1.54, 1.807) is 0 Å². The zero-order chi connectivity index (χ0) is 16.8. The molecule has 25 heavy (non-hydrogen) atoms. The first-order valence-electron chi connectivity index (χ1n) is 8.75. The number of rotatable bonds is 4. The summed E-state index contributed by atoms with van der Waals surface area (Å²) in [5.41, 5.74) is 2.06. The van der Waals surface area contributed by atoms with Gasteiger partial charge in [-0.05, 0) is 36.1 Å². The third-order valence-electron chi connectivity index (χ3n) is 4.94. The fourth-order valence-electron chi connectivity index (χ4n) is 3.48. The maximum atomic E-state index is 4.51. The molecule has 1 N–H and O–H groups in total. The number of fused-ring (bicyclic) bond motifs is 2. The molecule has 0 aliphatic heterocycles. The normalized spacial score (nSPS) is 15.6. The lowest BCUT2D eigenvalue weighted by Crippen LogP contribution is -2.10. The monoisotopic (exact) mass is 329 g/mol. The molecule has 0 bridgehead atoms. The van der Waals surface area contributed by atoms with Gasteiger partial charge in [-0.2, -0.15) is 0 Å². The Labute approximate surface area is 145 Å². The Hall–Kier alpha value is -2.95. The van der Waals surface area contributed by atoms with Crippen molar-refractivity contribution in [3.8, 4) is 0 Å². The van der Waals surface area contributed by atoms with Crippen molar-refractivity contribution < 1.29 is 0 Å². The van der Waals surface area contributed by atoms with Crippen molar-refractivity contribution in [3.63, 3.8) is 0 Å². The third-order valence-corrected chi connectivity index (χ3v) is 4.94. The molecule has 1 fully saturated rings. The van der Waals surface area contributed by atoms with Crippen LogP contribution in [0.4, 0.5) is 5.82 Å². The molecule has 1 aliphatic rings. The smallest absolute Gasteiger partial charge is 0.203 e. The van der Waals surface area contributed by atoms with Crippen LogP contribution in [0.15, 0.2) is 54.9 Å². The summed E-state index contributed by atoms with van der Waals surface area (Å²) < 4.78 is 2.07. The predicted octanol–water partition coefficient (Wildman–Crippen LogP) is 4.33. The lowest BCUT2D eigenvalue weighted by molar-refractivity contribution is 0.875. The maximum Gasteiger partial charge on any atom is 0.203 e. The number of hydrogen-bond acceptors (Lipinski definition) is 4. The van der Waals surface area contributed by atoms with Gasteiger partial charge in [0.25, 0.3) is 0 Å². The van der Waals surface area contributed by atoms with Crippen LogP contribution < -0.4 is 5.32 Å². The van der Waals surface area contributed by atoms with Gasteiger partial charge in [-0.3, -0.25) is 4.40 Å². The molecule has 1 saturated carbocycles. The highest BCUT2D eigenvalue weighted by Crippen LogP contribution is 2.39. The maximum absolute atomic E-state index is 4.51. The Bertz CT molecular complexity index is 1060. The summed E-state index contributed by atoms with van der Waals surface area (Å²) in [5.74, 6) is 2.39. The van der Waals surface area contributed by atoms with Crippen LogP contribution in [0.2, 0.25) is 0 Å². The van der Waals surface area contributed by atoms with Crippen molar-refractivity contribution >= 4 is 22.2 Å². The minimum Gasteiger partial charge on any atom is -0.360 e. The Morgan fingerprint density at radius 2 is 1.92 bits per heavy atom. The van der Waals surface area contributed by atoms with Crippen LogP contribution in [-0.2, 0) is 0 Å². The summed E-state index contributed by atoms with van der Waals surface area (Å²) in [6, 6.07) is 15.0. The third kappa shape index (κ3) is 2.43. The van der Waals surface area contributed by atoms with Crippen LogP contribution in [0.5, 0.6) is 0 Å². The predicted molar refractivity (Wildman–Crippen MR) is 98.7 cm³/mol. The number of aromatic nitrogens is 4. The summed E-state index contributed by atoms with van der Waals surface area (Å²) in [4.78, 5) is 4.51. The second-order valence-corrected chi connectivity index (χ2v) is 6.74. The quantitative estimate of drug-likeness (QED) is 0.605. The highest BCUT2D eigenvalue weighted by atomic mass is 15.3. The fraction of sp³-hybridized carbons (Fsp3) is 0.250. The van der Waals surface area contributed by atoms with Crippen LogP contribution in [0.1, 0.15) is 43.1 Å². The first kappa shape index (κ1) is 14.4. The standard InChI is InChI=1S/C20H19N5/c1-13(16-8-4-6-14-5-2-3-7-17(14)16)22-18-20-24-23-19(15-9-10-15)25(20)12-11-21-18/h2-8,11-13,15H,9-10H2,1H3,(H,21,22). The van der Waals surface area contributed by atoms with E-state index in [-0.39, 0.29) is 6.04 Å². The van der Waals surface area contributed by atoms with E-state index in [9.17, 15) is 0 Å². The molecular weight excluding hydrogens is 310 g/mol. The molecule has 1 aliphatic carbocycles. The topological polar surface area (TPSA) is 55.1 Å². The SMILES string of the molecule is CC(Nc1nccn2c(C3CC3)nnc12)c1cccc2ccccc12. The lowest BCUT2D eigenvalue weighted by Gasteiger charge is -2.17. The minimum atomic E-state index is 0.117. The molecule has 0 spiro atoms. The van der Waals surface area contributed by atoms with Gasteiger partial charge in [0.2, 0.25) is 5.65 Å². The summed E-state index contributed by atoms with van der Waals surface area (Å²) in [5, 5.41) is 14.8. The minimum absolute atomic E-state index is 0.117. The van der Waals surface area contributed by atoms with Gasteiger partial charge in [0.05, 0.1) is 6.04 Å². The number of anilines is 1. The van der Waals surface area contributed by atoms with Gasteiger partial charge in [-0.25, -0.2) is 4.98 Å². The van der Waals surface area contributed by atoms with Crippen LogP contribution >= 0.6 is 0 Å². The number of hydrogen-bond donors (Lipinski definition) is 1. The molecule has 1 atom stereocenters. The molecule has 0 saturated heterocycles. The summed E-state index contributed by atoms with van der Waals surface area (Å²) in [6.07, 6.45) is 6.19. The average molecular weight is 329 g/mol. The molecule has 5 rings (SSSR count). The molecule has 2 aromatic heterocycles. The van der Waals surface area contributed by atoms with E-state index >= 15 is 0 Å². The fourth-order valence-corrected chi connectivity index (χ4v) is 3.48. The van der Waals surface area contributed by atoms with Crippen LogP contribution in [0.25, 0.3) is 16.4 Å². The Morgan fingerprint density at radius 1 is 1.08 bits per heavy atom. The van der Waals surface area contributed by atoms with Crippen molar-refractivity contribution in [1.82, 2.24) is 19.6 Å². The van der Waals surface area contributed by atoms with E-state index in [1.165, 1.54) is 29.2 Å². The molecule has 4 aromatic rings. The Morgan fingerprint density at radius 3 is 2.80 bits per heavy atom. The molecule has 0 radical (unpaired) electrons. The molecule has 2 aromatic carbocycles. The summed E-state index contributed by atoms with van der Waals surface area (Å²) in [7, 11) is 0. The molecular formula is C20H19N5. The van der Waals surface area contributed by atoms with E-state index < -0.39 is 0 Å². The highest BCUT2D eigenvalue weighted by molar-refractivity contribution is 5.86. The van der Waals surface area contributed by atoms with E-state index in [0.29, 0.717) is 5.92 Å². The van der Waals surface area contributed by atoms with Crippen molar-refractivity contribution in [1.29, 1.82) is 0 Å². The van der Waals surface area contributed by atoms with Crippen molar-refractivity contribution in [2.24, 2.45) is 0 Å². The molecule has 1 unspecified atom stereocenters. The second-order valence-electron chi connectivity index (χ2n) is 6.74. The van der Waals surface area contributed by atoms with E-state index in [0.717, 1.165) is 17.3 Å². The molecule has 5 heteroatoms. The first-order valence-corrected chi connectivity index (χ1v) is 8.75.